The maximum absolute atomic E-state index is 12.6. The first-order chi connectivity index (χ1) is 13.7. The molecule has 0 fully saturated rings. The normalized spacial score (nSPS) is 13.5. The van der Waals surface area contributed by atoms with E-state index in [-0.39, 0.29) is 32.0 Å². The lowest BCUT2D eigenvalue weighted by molar-refractivity contribution is -0.155. The van der Waals surface area contributed by atoms with Gasteiger partial charge in [-0.15, -0.1) is 0 Å². The van der Waals surface area contributed by atoms with Gasteiger partial charge in [-0.05, 0) is 33.1 Å². The van der Waals surface area contributed by atoms with Crippen molar-refractivity contribution in [3.63, 3.8) is 0 Å². The van der Waals surface area contributed by atoms with Crippen molar-refractivity contribution in [2.24, 2.45) is 17.3 Å². The van der Waals surface area contributed by atoms with E-state index < -0.39 is 29.2 Å². The van der Waals surface area contributed by atoms with Crippen molar-refractivity contribution in [1.29, 1.82) is 0 Å². The first-order valence-corrected chi connectivity index (χ1v) is 9.83. The number of esters is 1. The molecule has 1 rings (SSSR count). The molecule has 0 radical (unpaired) electrons. The van der Waals surface area contributed by atoms with E-state index in [4.69, 9.17) is 9.47 Å². The summed E-state index contributed by atoms with van der Waals surface area (Å²) in [6.45, 7) is 6.38. The largest absolute Gasteiger partial charge is 0.481 e. The average molecular weight is 411 g/mol. The number of hydrogen-bond acceptors (Lipinski definition) is 6. The summed E-state index contributed by atoms with van der Waals surface area (Å²) in [6, 6.07) is 0. The third-order valence-electron chi connectivity index (χ3n) is 4.86. The second kappa shape index (κ2) is 12.2. The number of carbonyl (C=O) groups is 3. The van der Waals surface area contributed by atoms with Gasteiger partial charge in [0.15, 0.2) is 0 Å². The molecule has 9 heteroatoms. The fourth-order valence-electron chi connectivity index (χ4n) is 2.98. The summed E-state index contributed by atoms with van der Waals surface area (Å²) < 4.78 is 12.0. The number of hydrogen-bond donors (Lipinski definition) is 2. The lowest BCUT2D eigenvalue weighted by Gasteiger charge is -2.27. The summed E-state index contributed by atoms with van der Waals surface area (Å²) in [5.74, 6) is -2.76. The summed E-state index contributed by atoms with van der Waals surface area (Å²) in [6.07, 6.45) is 6.00. The molecule has 0 aliphatic rings. The van der Waals surface area contributed by atoms with Gasteiger partial charge in [-0.3, -0.25) is 14.4 Å². The number of carbonyl (C=O) groups excluding carboxylic acids is 2. The molecule has 164 valence electrons. The molecule has 2 N–H and O–H groups in total. The van der Waals surface area contributed by atoms with Crippen LogP contribution in [-0.4, -0.2) is 59.4 Å². The van der Waals surface area contributed by atoms with E-state index in [0.717, 1.165) is 0 Å². The Morgan fingerprint density at radius 2 is 1.97 bits per heavy atom. The van der Waals surface area contributed by atoms with Crippen LogP contribution < -0.4 is 5.32 Å². The summed E-state index contributed by atoms with van der Waals surface area (Å²) in [5, 5.41) is 12.3. The monoisotopic (exact) mass is 411 g/mol. The molecule has 1 amide bonds. The van der Waals surface area contributed by atoms with E-state index in [1.807, 2.05) is 17.7 Å². The Morgan fingerprint density at radius 1 is 1.24 bits per heavy atom. The second-order valence-corrected chi connectivity index (χ2v) is 7.68. The molecule has 1 aromatic rings. The SMILES string of the molecule is CCC(CC(CC(C)(C)C(=O)O)C(=O)OCCOC)C(=O)NCCn1ccnc1. The van der Waals surface area contributed by atoms with Crippen LogP contribution in [0.25, 0.3) is 0 Å². The molecule has 0 saturated carbocycles. The van der Waals surface area contributed by atoms with E-state index >= 15 is 0 Å². The van der Waals surface area contributed by atoms with Crippen LogP contribution in [0.5, 0.6) is 0 Å². The minimum atomic E-state index is -1.11. The van der Waals surface area contributed by atoms with Crippen LogP contribution in [0.3, 0.4) is 0 Å². The first kappa shape index (κ1) is 24.6. The van der Waals surface area contributed by atoms with Gasteiger partial charge in [0.05, 0.1) is 24.3 Å². The zero-order chi connectivity index (χ0) is 21.9. The highest BCUT2D eigenvalue weighted by molar-refractivity contribution is 5.80. The Morgan fingerprint density at radius 3 is 2.52 bits per heavy atom. The number of rotatable bonds is 14. The highest BCUT2D eigenvalue weighted by Crippen LogP contribution is 2.31. The summed E-state index contributed by atoms with van der Waals surface area (Å²) in [4.78, 5) is 40.6. The van der Waals surface area contributed by atoms with E-state index in [2.05, 4.69) is 10.3 Å². The number of aliphatic carboxylic acids is 1. The van der Waals surface area contributed by atoms with Gasteiger partial charge in [-0.2, -0.15) is 0 Å². The smallest absolute Gasteiger partial charge is 0.309 e. The molecule has 0 bridgehead atoms. The van der Waals surface area contributed by atoms with Gasteiger partial charge in [0, 0.05) is 38.5 Å². The van der Waals surface area contributed by atoms with E-state index in [1.54, 1.807) is 26.4 Å². The maximum Gasteiger partial charge on any atom is 0.309 e. The Balaban J connectivity index is 2.73. The van der Waals surface area contributed by atoms with Crippen LogP contribution in [0.4, 0.5) is 0 Å². The topological polar surface area (TPSA) is 120 Å². The van der Waals surface area contributed by atoms with Crippen molar-refractivity contribution in [2.75, 3.05) is 26.9 Å². The molecule has 0 aliphatic carbocycles. The van der Waals surface area contributed by atoms with Crippen molar-refractivity contribution in [3.8, 4) is 0 Å². The van der Waals surface area contributed by atoms with E-state index in [1.165, 1.54) is 7.11 Å². The molecule has 0 aliphatic heterocycles. The number of carboxylic acid groups (broad SMARTS) is 1. The molecule has 2 atom stereocenters. The van der Waals surface area contributed by atoms with Crippen molar-refractivity contribution >= 4 is 17.8 Å². The summed E-state index contributed by atoms with van der Waals surface area (Å²) >= 11 is 0. The van der Waals surface area contributed by atoms with Crippen molar-refractivity contribution in [3.05, 3.63) is 18.7 Å². The maximum atomic E-state index is 12.6. The molecule has 9 nitrogen and oxygen atoms in total. The van der Waals surface area contributed by atoms with Crippen LogP contribution in [0.2, 0.25) is 0 Å². The van der Waals surface area contributed by atoms with Gasteiger partial charge in [0.2, 0.25) is 5.91 Å². The Hall–Kier alpha value is -2.42. The fraction of sp³-hybridized carbons (Fsp3) is 0.700. The number of imidazole rings is 1. The lowest BCUT2D eigenvalue weighted by atomic mass is 9.78. The predicted molar refractivity (Wildman–Crippen MR) is 106 cm³/mol. The number of nitrogens with one attached hydrogen (secondary N) is 1. The number of carboxylic acids is 1. The molecule has 2 unspecified atom stereocenters. The average Bonchev–Trinajstić information content (AvgIpc) is 3.18. The lowest BCUT2D eigenvalue weighted by Crippen LogP contribution is -2.37. The highest BCUT2D eigenvalue weighted by Gasteiger charge is 2.36. The van der Waals surface area contributed by atoms with Gasteiger partial charge < -0.3 is 24.5 Å². The van der Waals surface area contributed by atoms with Crippen molar-refractivity contribution in [2.45, 2.75) is 46.6 Å². The third kappa shape index (κ3) is 8.64. The number of amides is 1. The van der Waals surface area contributed by atoms with Gasteiger partial charge >= 0.3 is 11.9 Å². The fourth-order valence-corrected chi connectivity index (χ4v) is 2.98. The van der Waals surface area contributed by atoms with Gasteiger partial charge in [-0.25, -0.2) is 4.98 Å². The quantitative estimate of drug-likeness (QED) is 0.353. The number of aromatic nitrogens is 2. The number of nitrogens with zero attached hydrogens (tertiary/aromatic N) is 2. The minimum absolute atomic E-state index is 0.0902. The third-order valence-corrected chi connectivity index (χ3v) is 4.86. The highest BCUT2D eigenvalue weighted by atomic mass is 16.6. The zero-order valence-electron chi connectivity index (χ0n) is 17.7. The predicted octanol–water partition coefficient (Wildman–Crippen LogP) is 1.72. The van der Waals surface area contributed by atoms with Crippen LogP contribution >= 0.6 is 0 Å². The second-order valence-electron chi connectivity index (χ2n) is 7.68. The Labute approximate surface area is 171 Å². The zero-order valence-corrected chi connectivity index (χ0v) is 17.7. The summed E-state index contributed by atoms with van der Waals surface area (Å²) in [5.41, 5.74) is -1.11. The first-order valence-electron chi connectivity index (χ1n) is 9.83. The number of methoxy groups -OCH3 is 1. The van der Waals surface area contributed by atoms with Gasteiger partial charge in [0.1, 0.15) is 6.61 Å². The van der Waals surface area contributed by atoms with Crippen LogP contribution in [0.1, 0.15) is 40.0 Å². The van der Waals surface area contributed by atoms with E-state index in [0.29, 0.717) is 19.5 Å². The molecular weight excluding hydrogens is 378 g/mol. The molecule has 0 aromatic carbocycles. The molecule has 1 aromatic heterocycles. The van der Waals surface area contributed by atoms with Gasteiger partial charge in [0.25, 0.3) is 0 Å². The van der Waals surface area contributed by atoms with Crippen LogP contribution in [0.15, 0.2) is 18.7 Å². The molecule has 0 saturated heterocycles. The van der Waals surface area contributed by atoms with Crippen LogP contribution in [-0.2, 0) is 30.4 Å². The summed E-state index contributed by atoms with van der Waals surface area (Å²) in [7, 11) is 1.50. The molecular formula is C20H33N3O6. The van der Waals surface area contributed by atoms with Gasteiger partial charge in [-0.1, -0.05) is 6.92 Å². The standard InChI is InChI=1S/C20H33N3O6/c1-5-15(17(24)22-7-9-23-8-6-21-14-23)12-16(13-20(2,3)19(26)27)18(25)29-11-10-28-4/h6,8,14-16H,5,7,9-13H2,1-4H3,(H,22,24)(H,26,27). The van der Waals surface area contributed by atoms with Crippen molar-refractivity contribution < 1.29 is 29.0 Å². The molecule has 0 spiro atoms. The van der Waals surface area contributed by atoms with Crippen LogP contribution in [0, 0.1) is 17.3 Å². The minimum Gasteiger partial charge on any atom is -0.481 e. The Kier molecular flexibility index (Phi) is 10.4. The number of ether oxygens (including phenoxy) is 2. The Bertz CT molecular complexity index is 645. The van der Waals surface area contributed by atoms with E-state index in [9.17, 15) is 19.5 Å². The van der Waals surface area contributed by atoms with Crippen molar-refractivity contribution in [1.82, 2.24) is 14.9 Å². The molecule has 29 heavy (non-hydrogen) atoms. The molecule has 1 heterocycles.